The van der Waals surface area contributed by atoms with E-state index in [1.54, 1.807) is 0 Å². The molecule has 0 unspecified atom stereocenters. The standard InChI is InChI=1S/C8H7BrFNO/c9-7-4-1-2-12-8(4)6(11)3-5(7)10/h3H,1-2,11H2. The average Bonchev–Trinajstić information content (AvgIpc) is 2.48. The predicted octanol–water partition coefficient (Wildman–Crippen LogP) is 2.11. The van der Waals surface area contributed by atoms with E-state index in [4.69, 9.17) is 10.5 Å². The maximum Gasteiger partial charge on any atom is 0.146 e. The van der Waals surface area contributed by atoms with Gasteiger partial charge in [-0.3, -0.25) is 0 Å². The van der Waals surface area contributed by atoms with E-state index in [0.29, 0.717) is 22.5 Å². The summed E-state index contributed by atoms with van der Waals surface area (Å²) in [5, 5.41) is 0. The van der Waals surface area contributed by atoms with Crippen LogP contribution in [0.4, 0.5) is 10.1 Å². The van der Waals surface area contributed by atoms with Gasteiger partial charge in [-0.15, -0.1) is 0 Å². The minimum atomic E-state index is -0.322. The summed E-state index contributed by atoms with van der Waals surface area (Å²) in [4.78, 5) is 0. The Morgan fingerprint density at radius 1 is 1.58 bits per heavy atom. The minimum Gasteiger partial charge on any atom is -0.491 e. The van der Waals surface area contributed by atoms with Gasteiger partial charge < -0.3 is 10.5 Å². The SMILES string of the molecule is Nc1cc(F)c(Br)c2c1OCC2. The first-order valence-electron chi connectivity index (χ1n) is 3.59. The number of benzene rings is 1. The van der Waals surface area contributed by atoms with Crippen molar-refractivity contribution in [1.82, 2.24) is 0 Å². The van der Waals surface area contributed by atoms with Crippen LogP contribution < -0.4 is 10.5 Å². The molecule has 0 saturated heterocycles. The number of fused-ring (bicyclic) bond motifs is 1. The molecule has 1 heterocycles. The molecule has 2 nitrogen and oxygen atoms in total. The van der Waals surface area contributed by atoms with Gasteiger partial charge in [0.05, 0.1) is 16.8 Å². The highest BCUT2D eigenvalue weighted by Crippen LogP contribution is 2.38. The van der Waals surface area contributed by atoms with Gasteiger partial charge in [0.1, 0.15) is 11.6 Å². The number of halogens is 2. The van der Waals surface area contributed by atoms with Gasteiger partial charge >= 0.3 is 0 Å². The van der Waals surface area contributed by atoms with Gasteiger partial charge in [-0.1, -0.05) is 0 Å². The molecule has 0 aliphatic carbocycles. The molecule has 1 aliphatic rings. The number of rotatable bonds is 0. The summed E-state index contributed by atoms with van der Waals surface area (Å²) in [6.45, 7) is 0.585. The molecule has 0 bridgehead atoms. The number of ether oxygens (including phenoxy) is 1. The summed E-state index contributed by atoms with van der Waals surface area (Å²) in [6, 6.07) is 1.27. The fourth-order valence-electron chi connectivity index (χ4n) is 1.33. The quantitative estimate of drug-likeness (QED) is 0.695. The van der Waals surface area contributed by atoms with Crippen LogP contribution in [0.25, 0.3) is 0 Å². The number of nitrogens with two attached hydrogens (primary N) is 1. The molecule has 1 aromatic carbocycles. The molecule has 1 aromatic rings. The van der Waals surface area contributed by atoms with E-state index in [0.717, 1.165) is 12.0 Å². The van der Waals surface area contributed by atoms with Crippen molar-refractivity contribution in [2.24, 2.45) is 0 Å². The Balaban J connectivity index is 2.69. The van der Waals surface area contributed by atoms with Crippen molar-refractivity contribution in [3.63, 3.8) is 0 Å². The highest BCUT2D eigenvalue weighted by Gasteiger charge is 2.20. The van der Waals surface area contributed by atoms with Crippen molar-refractivity contribution in [1.29, 1.82) is 0 Å². The van der Waals surface area contributed by atoms with Crippen LogP contribution in [0.5, 0.6) is 5.75 Å². The van der Waals surface area contributed by atoms with Crippen LogP contribution >= 0.6 is 15.9 Å². The summed E-state index contributed by atoms with van der Waals surface area (Å²) in [6.07, 6.45) is 0.720. The zero-order valence-corrected chi connectivity index (χ0v) is 7.82. The third-order valence-corrected chi connectivity index (χ3v) is 2.75. The molecule has 12 heavy (non-hydrogen) atoms. The Morgan fingerprint density at radius 2 is 2.33 bits per heavy atom. The van der Waals surface area contributed by atoms with Gasteiger partial charge in [-0.2, -0.15) is 0 Å². The smallest absolute Gasteiger partial charge is 0.146 e. The zero-order valence-electron chi connectivity index (χ0n) is 6.23. The molecule has 2 rings (SSSR count). The first-order valence-corrected chi connectivity index (χ1v) is 4.38. The molecule has 0 atom stereocenters. The lowest BCUT2D eigenvalue weighted by atomic mass is 10.1. The van der Waals surface area contributed by atoms with Crippen LogP contribution in [0, 0.1) is 5.82 Å². The highest BCUT2D eigenvalue weighted by atomic mass is 79.9. The van der Waals surface area contributed by atoms with Crippen LogP contribution in [-0.2, 0) is 6.42 Å². The van der Waals surface area contributed by atoms with Gasteiger partial charge in [-0.25, -0.2) is 4.39 Å². The molecule has 0 saturated carbocycles. The van der Waals surface area contributed by atoms with E-state index in [2.05, 4.69) is 15.9 Å². The van der Waals surface area contributed by atoms with E-state index in [9.17, 15) is 4.39 Å². The van der Waals surface area contributed by atoms with E-state index >= 15 is 0 Å². The molecule has 0 aromatic heterocycles. The van der Waals surface area contributed by atoms with Gasteiger partial charge in [0, 0.05) is 18.1 Å². The number of hydrogen-bond donors (Lipinski definition) is 1. The average molecular weight is 232 g/mol. The Bertz CT molecular complexity index is 340. The maximum absolute atomic E-state index is 13.1. The van der Waals surface area contributed by atoms with Crippen molar-refractivity contribution in [2.45, 2.75) is 6.42 Å². The van der Waals surface area contributed by atoms with E-state index < -0.39 is 0 Å². The third kappa shape index (κ3) is 0.982. The largest absolute Gasteiger partial charge is 0.491 e. The molecule has 1 aliphatic heterocycles. The lowest BCUT2D eigenvalue weighted by Gasteiger charge is -2.05. The molecule has 0 amide bonds. The second-order valence-electron chi connectivity index (χ2n) is 2.67. The Kier molecular flexibility index (Phi) is 1.72. The number of anilines is 1. The lowest BCUT2D eigenvalue weighted by Crippen LogP contribution is -1.93. The topological polar surface area (TPSA) is 35.2 Å². The van der Waals surface area contributed by atoms with E-state index in [1.165, 1.54) is 6.07 Å². The van der Waals surface area contributed by atoms with Crippen LogP contribution in [0.15, 0.2) is 10.5 Å². The molecular formula is C8H7BrFNO. The minimum absolute atomic E-state index is 0.322. The monoisotopic (exact) mass is 231 g/mol. The fourth-order valence-corrected chi connectivity index (χ4v) is 1.83. The Morgan fingerprint density at radius 3 is 3.08 bits per heavy atom. The second kappa shape index (κ2) is 2.62. The van der Waals surface area contributed by atoms with Crippen molar-refractivity contribution in [3.8, 4) is 5.75 Å². The number of nitrogen functional groups attached to an aromatic ring is 1. The van der Waals surface area contributed by atoms with Gasteiger partial charge in [-0.05, 0) is 15.9 Å². The molecule has 2 N–H and O–H groups in total. The van der Waals surface area contributed by atoms with E-state index in [1.807, 2.05) is 0 Å². The summed E-state index contributed by atoms with van der Waals surface area (Å²) >= 11 is 3.15. The van der Waals surface area contributed by atoms with Gasteiger partial charge in [0.2, 0.25) is 0 Å². The first kappa shape index (κ1) is 7.86. The molecular weight excluding hydrogens is 225 g/mol. The van der Waals surface area contributed by atoms with Crippen LogP contribution in [0.1, 0.15) is 5.56 Å². The maximum atomic E-state index is 13.1. The second-order valence-corrected chi connectivity index (χ2v) is 3.46. The summed E-state index contributed by atoms with van der Waals surface area (Å²) in [7, 11) is 0. The van der Waals surface area contributed by atoms with Gasteiger partial charge in [0.15, 0.2) is 0 Å². The van der Waals surface area contributed by atoms with Crippen LogP contribution in [-0.4, -0.2) is 6.61 Å². The molecule has 0 radical (unpaired) electrons. The summed E-state index contributed by atoms with van der Waals surface area (Å²) < 4.78 is 18.8. The molecule has 0 spiro atoms. The van der Waals surface area contributed by atoms with Crippen LogP contribution in [0.3, 0.4) is 0 Å². The summed E-state index contributed by atoms with van der Waals surface area (Å²) in [5.74, 6) is 0.306. The highest BCUT2D eigenvalue weighted by molar-refractivity contribution is 9.10. The van der Waals surface area contributed by atoms with Gasteiger partial charge in [0.25, 0.3) is 0 Å². The molecule has 0 fully saturated rings. The molecule has 64 valence electrons. The summed E-state index contributed by atoms with van der Waals surface area (Å²) in [5.41, 5.74) is 6.77. The Labute approximate surface area is 77.6 Å². The van der Waals surface area contributed by atoms with Crippen molar-refractivity contribution in [3.05, 3.63) is 21.9 Å². The normalized spacial score (nSPS) is 14.2. The first-order chi connectivity index (χ1) is 5.70. The van der Waals surface area contributed by atoms with Crippen molar-refractivity contribution in [2.75, 3.05) is 12.3 Å². The van der Waals surface area contributed by atoms with Crippen molar-refractivity contribution >= 4 is 21.6 Å². The lowest BCUT2D eigenvalue weighted by molar-refractivity contribution is 0.358. The van der Waals surface area contributed by atoms with Crippen molar-refractivity contribution < 1.29 is 9.13 Å². The predicted molar refractivity (Wildman–Crippen MR) is 47.7 cm³/mol. The molecule has 4 heteroatoms. The Hall–Kier alpha value is -0.770. The third-order valence-electron chi connectivity index (χ3n) is 1.89. The fraction of sp³-hybridized carbons (Fsp3) is 0.250. The number of hydrogen-bond acceptors (Lipinski definition) is 2. The van der Waals surface area contributed by atoms with Crippen LogP contribution in [0.2, 0.25) is 0 Å². The van der Waals surface area contributed by atoms with E-state index in [-0.39, 0.29) is 5.82 Å². The zero-order chi connectivity index (χ0) is 8.72.